The van der Waals surface area contributed by atoms with Gasteiger partial charge in [-0.25, -0.2) is 9.78 Å². The molecule has 0 aliphatic carbocycles. The summed E-state index contributed by atoms with van der Waals surface area (Å²) in [7, 11) is 0. The predicted molar refractivity (Wildman–Crippen MR) is 113 cm³/mol. The van der Waals surface area contributed by atoms with Crippen molar-refractivity contribution in [3.63, 3.8) is 0 Å². The maximum absolute atomic E-state index is 12.9. The fourth-order valence-corrected chi connectivity index (χ4v) is 3.97. The summed E-state index contributed by atoms with van der Waals surface area (Å²) < 4.78 is 5.25. The fraction of sp³-hybridized carbons (Fsp3) is 0.619. The number of aromatic nitrogens is 2. The fourth-order valence-electron chi connectivity index (χ4n) is 3.97. The Labute approximate surface area is 176 Å². The van der Waals surface area contributed by atoms with Crippen LogP contribution in [0.4, 0.5) is 4.79 Å². The van der Waals surface area contributed by atoms with Crippen LogP contribution in [0.25, 0.3) is 5.57 Å². The van der Waals surface area contributed by atoms with Crippen LogP contribution < -0.4 is 11.3 Å². The normalized spacial score (nSPS) is 18.6. The number of nitrogens with one attached hydrogen (secondary N) is 1. The molecule has 0 bridgehead atoms. The van der Waals surface area contributed by atoms with Gasteiger partial charge in [-0.1, -0.05) is 0 Å². The number of piperidine rings is 2. The third-order valence-electron chi connectivity index (χ3n) is 5.56. The third-order valence-corrected chi connectivity index (χ3v) is 5.56. The number of likely N-dealkylation sites (tertiary alicyclic amines) is 2. The van der Waals surface area contributed by atoms with E-state index in [-0.39, 0.29) is 41.0 Å². The van der Waals surface area contributed by atoms with E-state index in [1.54, 1.807) is 9.80 Å². The first-order valence-electron chi connectivity index (χ1n) is 10.7. The predicted octanol–water partition coefficient (Wildman–Crippen LogP) is 1.81. The monoisotopic (exact) mass is 417 g/mol. The largest absolute Gasteiger partial charge is 0.447 e. The summed E-state index contributed by atoms with van der Waals surface area (Å²) in [6.07, 6.45) is 5.13. The van der Waals surface area contributed by atoms with Gasteiger partial charge in [-0.2, -0.15) is 0 Å². The Kier molecular flexibility index (Phi) is 7.12. The quantitative estimate of drug-likeness (QED) is 0.721. The Morgan fingerprint density at radius 1 is 1.17 bits per heavy atom. The van der Waals surface area contributed by atoms with Gasteiger partial charge in [-0.05, 0) is 46.0 Å². The van der Waals surface area contributed by atoms with Gasteiger partial charge in [0.2, 0.25) is 0 Å². The molecule has 2 saturated heterocycles. The van der Waals surface area contributed by atoms with Crippen LogP contribution in [-0.2, 0) is 9.53 Å². The summed E-state index contributed by atoms with van der Waals surface area (Å²) in [4.78, 5) is 47.9. The summed E-state index contributed by atoms with van der Waals surface area (Å²) >= 11 is 0. The van der Waals surface area contributed by atoms with Crippen LogP contribution in [0.1, 0.15) is 63.4 Å². The van der Waals surface area contributed by atoms with E-state index in [1.807, 2.05) is 13.8 Å². The number of H-pyrrole nitrogens is 1. The highest BCUT2D eigenvalue weighted by Crippen LogP contribution is 2.27. The molecule has 0 spiro atoms. The maximum Gasteiger partial charge on any atom is 0.410 e. The van der Waals surface area contributed by atoms with Gasteiger partial charge in [-0.3, -0.25) is 9.59 Å². The molecular formula is C21H31N5O4. The summed E-state index contributed by atoms with van der Waals surface area (Å²) in [5.41, 5.74) is 6.27. The van der Waals surface area contributed by atoms with Gasteiger partial charge in [0.1, 0.15) is 5.82 Å². The van der Waals surface area contributed by atoms with Crippen LogP contribution >= 0.6 is 0 Å². The van der Waals surface area contributed by atoms with E-state index in [0.717, 1.165) is 19.3 Å². The second-order valence-corrected chi connectivity index (χ2v) is 8.15. The molecule has 1 aromatic heterocycles. The Bertz CT molecular complexity index is 849. The van der Waals surface area contributed by atoms with E-state index >= 15 is 0 Å². The first-order valence-corrected chi connectivity index (χ1v) is 10.7. The second-order valence-electron chi connectivity index (χ2n) is 8.15. The molecule has 0 radical (unpaired) electrons. The van der Waals surface area contributed by atoms with E-state index in [0.29, 0.717) is 44.7 Å². The topological polar surface area (TPSA) is 122 Å². The van der Waals surface area contributed by atoms with Gasteiger partial charge < -0.3 is 25.3 Å². The Morgan fingerprint density at radius 3 is 2.43 bits per heavy atom. The number of rotatable bonds is 4. The SMILES string of the molecule is CC(C)OC(=O)N1CCC(c2cc(=O)[nH]c(C(=CN)C(=O)N3CCCCC3)n2)CC1. The number of nitrogens with zero attached hydrogens (tertiary/aromatic N) is 3. The molecule has 30 heavy (non-hydrogen) atoms. The molecular weight excluding hydrogens is 386 g/mol. The second kappa shape index (κ2) is 9.77. The molecule has 9 nitrogen and oxygen atoms in total. The van der Waals surface area contributed by atoms with Crippen molar-refractivity contribution in [3.05, 3.63) is 34.1 Å². The lowest BCUT2D eigenvalue weighted by molar-refractivity contribution is -0.125. The molecule has 1 aromatic rings. The summed E-state index contributed by atoms with van der Waals surface area (Å²) in [5, 5.41) is 0. The van der Waals surface area contributed by atoms with Crippen molar-refractivity contribution in [2.45, 2.75) is 58.0 Å². The van der Waals surface area contributed by atoms with E-state index in [4.69, 9.17) is 10.5 Å². The Hall–Kier alpha value is -2.84. The van der Waals surface area contributed by atoms with E-state index in [2.05, 4.69) is 9.97 Å². The average Bonchev–Trinajstić information content (AvgIpc) is 2.74. The van der Waals surface area contributed by atoms with Crippen molar-refractivity contribution in [1.29, 1.82) is 0 Å². The van der Waals surface area contributed by atoms with Gasteiger partial charge >= 0.3 is 6.09 Å². The van der Waals surface area contributed by atoms with Gasteiger partial charge in [0.05, 0.1) is 17.4 Å². The number of ether oxygens (including phenoxy) is 1. The number of carbonyl (C=O) groups excluding carboxylic acids is 2. The number of carbonyl (C=O) groups is 2. The molecule has 3 heterocycles. The summed E-state index contributed by atoms with van der Waals surface area (Å²) in [6.45, 7) is 6.08. The first-order chi connectivity index (χ1) is 14.4. The highest BCUT2D eigenvalue weighted by atomic mass is 16.6. The maximum atomic E-state index is 12.9. The molecule has 3 rings (SSSR count). The van der Waals surface area contributed by atoms with Crippen molar-refractivity contribution in [1.82, 2.24) is 19.8 Å². The van der Waals surface area contributed by atoms with Crippen LogP contribution in [-0.4, -0.2) is 64.1 Å². The highest BCUT2D eigenvalue weighted by Gasteiger charge is 2.28. The molecule has 9 heteroatoms. The lowest BCUT2D eigenvalue weighted by atomic mass is 9.93. The van der Waals surface area contributed by atoms with E-state index < -0.39 is 0 Å². The molecule has 2 aliphatic rings. The number of hydrogen-bond donors (Lipinski definition) is 2. The number of hydrogen-bond acceptors (Lipinski definition) is 6. The van der Waals surface area contributed by atoms with Gasteiger partial charge in [-0.15, -0.1) is 0 Å². The zero-order valence-electron chi connectivity index (χ0n) is 17.7. The molecule has 0 atom stereocenters. The van der Waals surface area contributed by atoms with Crippen LogP contribution in [0.3, 0.4) is 0 Å². The number of nitrogens with two attached hydrogens (primary N) is 1. The van der Waals surface area contributed by atoms with Crippen molar-refractivity contribution < 1.29 is 14.3 Å². The zero-order chi connectivity index (χ0) is 21.7. The molecule has 164 valence electrons. The summed E-state index contributed by atoms with van der Waals surface area (Å²) in [5.74, 6) is 0.0271. The number of aromatic amines is 1. The standard InChI is InChI=1S/C21H31N5O4/c1-14(2)30-21(29)26-10-6-15(7-11-26)17-12-18(27)24-19(23-17)16(13-22)20(28)25-8-4-3-5-9-25/h12-15H,3-11,22H2,1-2H3,(H,23,24,27). The lowest BCUT2D eigenvalue weighted by Gasteiger charge is -2.31. The van der Waals surface area contributed by atoms with Crippen molar-refractivity contribution >= 4 is 17.6 Å². The molecule has 2 aliphatic heterocycles. The molecule has 0 unspecified atom stereocenters. The molecule has 0 aromatic carbocycles. The van der Waals surface area contributed by atoms with Crippen LogP contribution in [0.2, 0.25) is 0 Å². The molecule has 2 amide bonds. The Balaban J connectivity index is 1.73. The van der Waals surface area contributed by atoms with E-state index in [9.17, 15) is 14.4 Å². The summed E-state index contributed by atoms with van der Waals surface area (Å²) in [6, 6.07) is 1.47. The van der Waals surface area contributed by atoms with Crippen molar-refractivity contribution in [2.24, 2.45) is 5.73 Å². The zero-order valence-corrected chi connectivity index (χ0v) is 17.7. The van der Waals surface area contributed by atoms with Gasteiger partial charge in [0.15, 0.2) is 0 Å². The molecule has 3 N–H and O–H groups in total. The van der Waals surface area contributed by atoms with E-state index in [1.165, 1.54) is 12.3 Å². The van der Waals surface area contributed by atoms with Crippen molar-refractivity contribution in [3.8, 4) is 0 Å². The van der Waals surface area contributed by atoms with Gasteiger partial charge in [0.25, 0.3) is 11.5 Å². The smallest absolute Gasteiger partial charge is 0.410 e. The van der Waals surface area contributed by atoms with Crippen molar-refractivity contribution in [2.75, 3.05) is 26.2 Å². The highest BCUT2D eigenvalue weighted by molar-refractivity contribution is 6.18. The van der Waals surface area contributed by atoms with Gasteiger partial charge in [0, 0.05) is 44.4 Å². The lowest BCUT2D eigenvalue weighted by Crippen LogP contribution is -2.39. The van der Waals surface area contributed by atoms with Crippen LogP contribution in [0.15, 0.2) is 17.1 Å². The minimum Gasteiger partial charge on any atom is -0.447 e. The van der Waals surface area contributed by atoms with Crippen LogP contribution in [0.5, 0.6) is 0 Å². The number of amides is 2. The Morgan fingerprint density at radius 2 is 1.83 bits per heavy atom. The third kappa shape index (κ3) is 5.20. The van der Waals surface area contributed by atoms with Crippen LogP contribution in [0, 0.1) is 0 Å². The molecule has 0 saturated carbocycles. The minimum atomic E-state index is -0.317. The first kappa shape index (κ1) is 21.9. The average molecular weight is 418 g/mol. The molecule has 2 fully saturated rings. The minimum absolute atomic E-state index is 0.0262.